The molecule has 1 aliphatic carbocycles. The van der Waals surface area contributed by atoms with Crippen LogP contribution in [0, 0.1) is 0 Å². The molecule has 0 spiro atoms. The summed E-state index contributed by atoms with van der Waals surface area (Å²) in [6.45, 7) is 2.06. The number of hydrogen-bond donors (Lipinski definition) is 4. The minimum atomic E-state index is -4.76. The van der Waals surface area contributed by atoms with Gasteiger partial charge in [-0.25, -0.2) is 4.98 Å². The Kier molecular flexibility index (Phi) is 8.21. The van der Waals surface area contributed by atoms with Crippen molar-refractivity contribution in [2.24, 2.45) is 0 Å². The van der Waals surface area contributed by atoms with Crippen LogP contribution in [0.4, 0.5) is 36.3 Å². The predicted octanol–water partition coefficient (Wildman–Crippen LogP) is 6.14. The number of aliphatic hydroxyl groups is 1. The molecule has 14 heteroatoms. The van der Waals surface area contributed by atoms with Gasteiger partial charge >= 0.3 is 14.4 Å². The van der Waals surface area contributed by atoms with Crippen LogP contribution in [0.25, 0.3) is 0 Å². The van der Waals surface area contributed by atoms with Crippen LogP contribution >= 0.6 is 8.25 Å². The molecule has 2 aromatic carbocycles. The minimum Gasteiger partial charge on any atom is -0.390 e. The molecule has 1 fully saturated rings. The van der Waals surface area contributed by atoms with E-state index in [4.69, 9.17) is 4.89 Å². The molecule has 3 aromatic rings. The number of amides is 1. The summed E-state index contributed by atoms with van der Waals surface area (Å²) >= 11 is 0. The van der Waals surface area contributed by atoms with E-state index >= 15 is 0 Å². The Morgan fingerprint density at radius 2 is 1.83 bits per heavy atom. The number of anilines is 4. The Morgan fingerprint density at radius 3 is 2.48 bits per heavy atom. The van der Waals surface area contributed by atoms with E-state index in [0.29, 0.717) is 42.4 Å². The number of halogens is 3. The van der Waals surface area contributed by atoms with Gasteiger partial charge in [-0.05, 0) is 73.4 Å². The van der Waals surface area contributed by atoms with Crippen molar-refractivity contribution >= 4 is 37.3 Å². The smallest absolute Gasteiger partial charge is 0.390 e. The van der Waals surface area contributed by atoms with E-state index in [2.05, 4.69) is 25.1 Å². The maximum atomic E-state index is 14.0. The van der Waals surface area contributed by atoms with E-state index in [9.17, 15) is 27.6 Å². The van der Waals surface area contributed by atoms with Gasteiger partial charge in [-0.15, -0.1) is 9.42 Å². The summed E-state index contributed by atoms with van der Waals surface area (Å²) in [7, 11) is -1.09. The van der Waals surface area contributed by atoms with Crippen molar-refractivity contribution in [3.63, 3.8) is 0 Å². The van der Waals surface area contributed by atoms with Crippen LogP contribution in [-0.2, 0) is 28.4 Å². The van der Waals surface area contributed by atoms with Gasteiger partial charge in [0.05, 0.1) is 16.9 Å². The fraction of sp³-hybridized carbons (Fsp3) is 0.393. The summed E-state index contributed by atoms with van der Waals surface area (Å²) in [6, 6.07) is 9.90. The third-order valence-electron chi connectivity index (χ3n) is 7.71. The highest BCUT2D eigenvalue weighted by Gasteiger charge is 2.38. The number of nitrogens with one attached hydrogen (secondary N) is 2. The quantitative estimate of drug-likeness (QED) is 0.223. The molecule has 222 valence electrons. The third kappa shape index (κ3) is 6.54. The van der Waals surface area contributed by atoms with E-state index in [1.54, 1.807) is 37.4 Å². The van der Waals surface area contributed by atoms with Crippen molar-refractivity contribution in [1.29, 1.82) is 0 Å². The Morgan fingerprint density at radius 1 is 1.14 bits per heavy atom. The van der Waals surface area contributed by atoms with E-state index in [1.165, 1.54) is 4.90 Å². The molecule has 1 unspecified atom stereocenters. The zero-order chi connectivity index (χ0) is 30.2. The molecule has 2 aliphatic rings. The molecule has 1 saturated carbocycles. The first-order valence-corrected chi connectivity index (χ1v) is 14.4. The van der Waals surface area contributed by atoms with E-state index in [0.717, 1.165) is 24.0 Å². The van der Waals surface area contributed by atoms with Gasteiger partial charge in [0.15, 0.2) is 0 Å². The number of aromatic nitrogens is 2. The summed E-state index contributed by atoms with van der Waals surface area (Å²) in [4.78, 5) is 31.4. The first-order chi connectivity index (χ1) is 19.8. The van der Waals surface area contributed by atoms with Crippen molar-refractivity contribution in [2.45, 2.75) is 63.5 Å². The van der Waals surface area contributed by atoms with Crippen LogP contribution in [-0.4, -0.2) is 43.4 Å². The zero-order valence-electron chi connectivity index (χ0n) is 22.9. The van der Waals surface area contributed by atoms with Gasteiger partial charge in [-0.2, -0.15) is 18.2 Å². The van der Waals surface area contributed by atoms with Crippen molar-refractivity contribution in [2.75, 3.05) is 17.7 Å². The van der Waals surface area contributed by atoms with Gasteiger partial charge in [-0.3, -0.25) is 4.79 Å². The number of fused-ring (bicyclic) bond motifs is 1. The van der Waals surface area contributed by atoms with Gasteiger partial charge in [0.1, 0.15) is 18.0 Å². The maximum Gasteiger partial charge on any atom is 0.695 e. The maximum absolute atomic E-state index is 14.0. The van der Waals surface area contributed by atoms with Crippen LogP contribution in [0.3, 0.4) is 0 Å². The molecule has 4 N–H and O–H groups in total. The number of nitrogens with zero attached hydrogens (tertiary/aromatic N) is 3. The van der Waals surface area contributed by atoms with E-state index < -0.39 is 31.4 Å². The second-order valence-electron chi connectivity index (χ2n) is 10.9. The summed E-state index contributed by atoms with van der Waals surface area (Å²) in [5.41, 5.74) is 1.54. The molecule has 10 nitrogen and oxygen atoms in total. The fourth-order valence-corrected chi connectivity index (χ4v) is 5.69. The van der Waals surface area contributed by atoms with Crippen LogP contribution in [0.5, 0.6) is 0 Å². The molecule has 1 amide bonds. The lowest BCUT2D eigenvalue weighted by molar-refractivity contribution is -0.137. The number of carbonyl (C=O) groups is 1. The average molecular weight is 605 g/mol. The van der Waals surface area contributed by atoms with Gasteiger partial charge in [0.2, 0.25) is 5.95 Å². The lowest BCUT2D eigenvalue weighted by atomic mass is 9.75. The topological polar surface area (TPSA) is 137 Å². The highest BCUT2D eigenvalue weighted by molar-refractivity contribution is 7.32. The number of alkyl halides is 3. The SMILES string of the molecule is CN1Cc2c(C3CCC(C)(O)CC3)ccc(Nc3nc(Nc4ccc(CO[P+](=O)O)cc4)ncc3C(F)(F)F)c2C1=O. The Hall–Kier alpha value is -3.64. The minimum absolute atomic E-state index is 0.0879. The molecule has 1 atom stereocenters. The predicted molar refractivity (Wildman–Crippen MR) is 149 cm³/mol. The van der Waals surface area contributed by atoms with Crippen LogP contribution in [0.2, 0.25) is 0 Å². The van der Waals surface area contributed by atoms with Gasteiger partial charge in [0.25, 0.3) is 5.91 Å². The second-order valence-corrected chi connectivity index (χ2v) is 11.6. The Bertz CT molecular complexity index is 1510. The summed E-state index contributed by atoms with van der Waals surface area (Å²) in [5.74, 6) is -0.785. The van der Waals surface area contributed by atoms with Crippen LogP contribution in [0.1, 0.15) is 71.1 Å². The monoisotopic (exact) mass is 604 g/mol. The van der Waals surface area contributed by atoms with Gasteiger partial charge in [-0.1, -0.05) is 18.2 Å². The first kappa shape index (κ1) is 29.8. The van der Waals surface area contributed by atoms with E-state index in [1.807, 2.05) is 13.0 Å². The normalized spacial score (nSPS) is 20.8. The lowest BCUT2D eigenvalue weighted by Gasteiger charge is -2.34. The second kappa shape index (κ2) is 11.6. The van der Waals surface area contributed by atoms with Crippen molar-refractivity contribution < 1.29 is 37.1 Å². The summed E-state index contributed by atoms with van der Waals surface area (Å²) in [6.07, 6.45) is -1.34. The van der Waals surface area contributed by atoms with Crippen LogP contribution < -0.4 is 10.6 Å². The molecule has 1 aliphatic heterocycles. The molecule has 5 rings (SSSR count). The molecule has 42 heavy (non-hydrogen) atoms. The molecule has 1 aromatic heterocycles. The lowest BCUT2D eigenvalue weighted by Crippen LogP contribution is -2.29. The Balaban J connectivity index is 1.44. The summed E-state index contributed by atoms with van der Waals surface area (Å²) < 4.78 is 57.3. The fourth-order valence-electron chi connectivity index (χ4n) is 5.43. The zero-order valence-corrected chi connectivity index (χ0v) is 23.8. The van der Waals surface area contributed by atoms with Crippen molar-refractivity contribution in [3.05, 3.63) is 70.4 Å². The molecule has 0 saturated heterocycles. The number of carbonyl (C=O) groups excluding carboxylic acids is 1. The number of hydrogen-bond acceptors (Lipinski definition) is 8. The van der Waals surface area contributed by atoms with Crippen molar-refractivity contribution in [3.8, 4) is 0 Å². The Labute approximate surface area is 240 Å². The molecular formula is C28H30F3N5O5P+. The number of benzene rings is 2. The largest absolute Gasteiger partial charge is 0.695 e. The highest BCUT2D eigenvalue weighted by atomic mass is 31.1. The molecule has 2 heterocycles. The number of rotatable bonds is 8. The van der Waals surface area contributed by atoms with Gasteiger partial charge in [0, 0.05) is 30.0 Å². The summed E-state index contributed by atoms with van der Waals surface area (Å²) in [5, 5.41) is 16.0. The third-order valence-corrected chi connectivity index (χ3v) is 8.06. The standard InChI is InChI=1S/C28H29F3N5O5P/c1-27(38)11-9-17(10-12-27)19-7-8-22(23-20(19)14-36(2)25(23)37)34-24-21(28(29,30)31)13-32-26(35-24)33-18-5-3-16(4-6-18)15-41-42(39)40/h3-8,13,17,38H,9-12,14-15H2,1-2H3,(H2-,32,33,34,35,37,39,40)/p+1. The van der Waals surface area contributed by atoms with Crippen molar-refractivity contribution in [1.82, 2.24) is 14.9 Å². The van der Waals surface area contributed by atoms with E-state index in [-0.39, 0.29) is 30.1 Å². The average Bonchev–Trinajstić information content (AvgIpc) is 3.22. The van der Waals surface area contributed by atoms with Crippen LogP contribution in [0.15, 0.2) is 42.6 Å². The van der Waals surface area contributed by atoms with Gasteiger partial charge < -0.3 is 20.6 Å². The molecule has 0 bridgehead atoms. The molecule has 0 radical (unpaired) electrons. The first-order valence-electron chi connectivity index (χ1n) is 13.3. The highest BCUT2D eigenvalue weighted by Crippen LogP contribution is 2.44. The molecular weight excluding hydrogens is 574 g/mol.